The zero-order valence-corrected chi connectivity index (χ0v) is 11.0. The lowest BCUT2D eigenvalue weighted by atomic mass is 10.0. The third kappa shape index (κ3) is 3.74. The van der Waals surface area contributed by atoms with Crippen molar-refractivity contribution in [3.05, 3.63) is 30.6 Å². The molecule has 0 bridgehead atoms. The van der Waals surface area contributed by atoms with E-state index in [1.54, 1.807) is 37.5 Å². The second-order valence-corrected chi connectivity index (χ2v) is 4.72. The van der Waals surface area contributed by atoms with Gasteiger partial charge in [-0.05, 0) is 24.1 Å². The van der Waals surface area contributed by atoms with Gasteiger partial charge < -0.3 is 10.4 Å². The first-order valence-corrected chi connectivity index (χ1v) is 6.27. The lowest BCUT2D eigenvalue weighted by Crippen LogP contribution is -2.16. The molecule has 2 N–H and O–H groups in total. The summed E-state index contributed by atoms with van der Waals surface area (Å²) >= 11 is 0. The van der Waals surface area contributed by atoms with E-state index in [1.165, 1.54) is 0 Å². The number of hydrogen-bond donors (Lipinski definition) is 2. The molecule has 1 aromatic heterocycles. The molecule has 6 nitrogen and oxygen atoms in total. The second kappa shape index (κ2) is 6.10. The average Bonchev–Trinajstić information content (AvgIpc) is 2.37. The summed E-state index contributed by atoms with van der Waals surface area (Å²) in [5.41, 5.74) is 2.08. The van der Waals surface area contributed by atoms with Crippen LogP contribution in [0.25, 0.3) is 11.0 Å². The Morgan fingerprint density at radius 1 is 1.20 bits per heavy atom. The maximum Gasteiger partial charge on any atom is 0.303 e. The van der Waals surface area contributed by atoms with Gasteiger partial charge in [0, 0.05) is 30.9 Å². The smallest absolute Gasteiger partial charge is 0.303 e. The second-order valence-electron chi connectivity index (χ2n) is 4.72. The van der Waals surface area contributed by atoms with Gasteiger partial charge in [0.05, 0.1) is 11.0 Å². The van der Waals surface area contributed by atoms with Gasteiger partial charge in [0.1, 0.15) is 0 Å². The minimum absolute atomic E-state index is 0.0172. The first kappa shape index (κ1) is 13.9. The van der Waals surface area contributed by atoms with Gasteiger partial charge >= 0.3 is 5.97 Å². The number of fused-ring (bicyclic) bond motifs is 1. The van der Waals surface area contributed by atoms with Crippen molar-refractivity contribution in [2.45, 2.75) is 19.8 Å². The van der Waals surface area contributed by atoms with Crippen molar-refractivity contribution in [1.82, 2.24) is 9.97 Å². The van der Waals surface area contributed by atoms with Crippen molar-refractivity contribution in [3.63, 3.8) is 0 Å². The molecule has 0 saturated carbocycles. The average molecular weight is 273 g/mol. The van der Waals surface area contributed by atoms with E-state index in [2.05, 4.69) is 15.3 Å². The molecular formula is C14H15N3O3. The SMILES string of the molecule is CC(CC(=O)O)CC(=O)Nc1ccc2nccnc2c1. The largest absolute Gasteiger partial charge is 0.481 e. The van der Waals surface area contributed by atoms with E-state index in [0.717, 1.165) is 5.52 Å². The molecule has 0 radical (unpaired) electrons. The highest BCUT2D eigenvalue weighted by Crippen LogP contribution is 2.16. The van der Waals surface area contributed by atoms with E-state index >= 15 is 0 Å². The minimum Gasteiger partial charge on any atom is -0.481 e. The summed E-state index contributed by atoms with van der Waals surface area (Å²) in [6.45, 7) is 1.74. The molecule has 1 aromatic carbocycles. The van der Waals surface area contributed by atoms with Gasteiger partial charge in [-0.15, -0.1) is 0 Å². The van der Waals surface area contributed by atoms with Crippen molar-refractivity contribution < 1.29 is 14.7 Å². The van der Waals surface area contributed by atoms with Crippen LogP contribution >= 0.6 is 0 Å². The van der Waals surface area contributed by atoms with Crippen LogP contribution < -0.4 is 5.32 Å². The van der Waals surface area contributed by atoms with E-state index in [4.69, 9.17) is 5.11 Å². The number of rotatable bonds is 5. The number of carboxylic acids is 1. The third-order valence-corrected chi connectivity index (χ3v) is 2.81. The molecule has 2 rings (SSSR count). The number of anilines is 1. The topological polar surface area (TPSA) is 92.2 Å². The number of hydrogen-bond acceptors (Lipinski definition) is 4. The van der Waals surface area contributed by atoms with Gasteiger partial charge in [-0.2, -0.15) is 0 Å². The lowest BCUT2D eigenvalue weighted by molar-refractivity contribution is -0.138. The highest BCUT2D eigenvalue weighted by molar-refractivity contribution is 5.93. The van der Waals surface area contributed by atoms with Crippen molar-refractivity contribution in [2.24, 2.45) is 5.92 Å². The highest BCUT2D eigenvalue weighted by Gasteiger charge is 2.12. The summed E-state index contributed by atoms with van der Waals surface area (Å²) in [7, 11) is 0. The van der Waals surface area contributed by atoms with E-state index < -0.39 is 5.97 Å². The Labute approximate surface area is 115 Å². The molecule has 1 heterocycles. The number of carbonyl (C=O) groups is 2. The summed E-state index contributed by atoms with van der Waals surface area (Å²) in [5.74, 6) is -1.30. The minimum atomic E-state index is -0.897. The van der Waals surface area contributed by atoms with E-state index in [-0.39, 0.29) is 24.7 Å². The van der Waals surface area contributed by atoms with Gasteiger partial charge in [-0.25, -0.2) is 0 Å². The van der Waals surface area contributed by atoms with Crippen LogP contribution in [0.2, 0.25) is 0 Å². The molecule has 0 saturated heterocycles. The molecule has 2 aromatic rings. The van der Waals surface area contributed by atoms with Crippen LogP contribution in [0.3, 0.4) is 0 Å². The Morgan fingerprint density at radius 3 is 2.60 bits per heavy atom. The number of aliphatic carboxylic acids is 1. The molecule has 0 fully saturated rings. The third-order valence-electron chi connectivity index (χ3n) is 2.81. The normalized spacial score (nSPS) is 12.1. The fraction of sp³-hybridized carbons (Fsp3) is 0.286. The lowest BCUT2D eigenvalue weighted by Gasteiger charge is -2.09. The molecule has 0 aliphatic carbocycles. The molecule has 0 aliphatic heterocycles. The van der Waals surface area contributed by atoms with E-state index in [9.17, 15) is 9.59 Å². The van der Waals surface area contributed by atoms with Crippen LogP contribution in [0.1, 0.15) is 19.8 Å². The molecule has 6 heteroatoms. The number of nitrogens with zero attached hydrogens (tertiary/aromatic N) is 2. The number of aromatic nitrogens is 2. The molecule has 20 heavy (non-hydrogen) atoms. The van der Waals surface area contributed by atoms with Gasteiger partial charge in [0.15, 0.2) is 0 Å². The molecule has 1 unspecified atom stereocenters. The van der Waals surface area contributed by atoms with Crippen LogP contribution in [0.5, 0.6) is 0 Å². The van der Waals surface area contributed by atoms with Crippen LogP contribution in [0, 0.1) is 5.92 Å². The first-order valence-electron chi connectivity index (χ1n) is 6.27. The monoisotopic (exact) mass is 273 g/mol. The quantitative estimate of drug-likeness (QED) is 0.870. The standard InChI is InChI=1S/C14H15N3O3/c1-9(7-14(19)20)6-13(18)17-10-2-3-11-12(8-10)16-5-4-15-11/h2-5,8-9H,6-7H2,1H3,(H,17,18)(H,19,20). The number of amides is 1. The number of benzene rings is 1. The van der Waals surface area contributed by atoms with Crippen molar-refractivity contribution in [2.75, 3.05) is 5.32 Å². The predicted molar refractivity (Wildman–Crippen MR) is 74.2 cm³/mol. The fourth-order valence-electron chi connectivity index (χ4n) is 1.94. The van der Waals surface area contributed by atoms with Crippen molar-refractivity contribution in [3.8, 4) is 0 Å². The van der Waals surface area contributed by atoms with Gasteiger partial charge in [0.2, 0.25) is 5.91 Å². The van der Waals surface area contributed by atoms with Gasteiger partial charge in [-0.1, -0.05) is 6.92 Å². The summed E-state index contributed by atoms with van der Waals surface area (Å²) in [5, 5.41) is 11.4. The van der Waals surface area contributed by atoms with E-state index in [0.29, 0.717) is 11.2 Å². The first-order chi connectivity index (χ1) is 9.54. The summed E-state index contributed by atoms with van der Waals surface area (Å²) in [6.07, 6.45) is 3.35. The van der Waals surface area contributed by atoms with Crippen molar-refractivity contribution in [1.29, 1.82) is 0 Å². The maximum atomic E-state index is 11.8. The Hall–Kier alpha value is -2.50. The predicted octanol–water partition coefficient (Wildman–Crippen LogP) is 2.07. The molecule has 1 atom stereocenters. The Bertz CT molecular complexity index is 642. The Balaban J connectivity index is 2.00. The van der Waals surface area contributed by atoms with Gasteiger partial charge in [-0.3, -0.25) is 19.6 Å². The van der Waals surface area contributed by atoms with Crippen LogP contribution in [0.4, 0.5) is 5.69 Å². The molecule has 1 amide bonds. The number of carbonyl (C=O) groups excluding carboxylic acids is 1. The zero-order chi connectivity index (χ0) is 14.5. The molecule has 0 aliphatic rings. The summed E-state index contributed by atoms with van der Waals surface area (Å²) in [6, 6.07) is 5.26. The van der Waals surface area contributed by atoms with Gasteiger partial charge in [0.25, 0.3) is 0 Å². The summed E-state index contributed by atoms with van der Waals surface area (Å²) < 4.78 is 0. The maximum absolute atomic E-state index is 11.8. The van der Waals surface area contributed by atoms with Crippen molar-refractivity contribution >= 4 is 28.6 Å². The molecular weight excluding hydrogens is 258 g/mol. The summed E-state index contributed by atoms with van der Waals surface area (Å²) in [4.78, 5) is 30.6. The zero-order valence-electron chi connectivity index (χ0n) is 11.0. The molecule has 104 valence electrons. The number of nitrogens with one attached hydrogen (secondary N) is 1. The molecule has 0 spiro atoms. The Morgan fingerprint density at radius 2 is 1.90 bits per heavy atom. The highest BCUT2D eigenvalue weighted by atomic mass is 16.4. The van der Waals surface area contributed by atoms with E-state index in [1.807, 2.05) is 0 Å². The van der Waals surface area contributed by atoms with Crippen LogP contribution in [0.15, 0.2) is 30.6 Å². The van der Waals surface area contributed by atoms with Crippen LogP contribution in [-0.4, -0.2) is 27.0 Å². The number of carboxylic acid groups (broad SMARTS) is 1. The van der Waals surface area contributed by atoms with Crippen LogP contribution in [-0.2, 0) is 9.59 Å². The fourth-order valence-corrected chi connectivity index (χ4v) is 1.94. The Kier molecular flexibility index (Phi) is 4.24.